The molecule has 10 heteroatoms. The minimum atomic E-state index is -0.443. The fourth-order valence-corrected chi connectivity index (χ4v) is 4.00. The number of imidazole rings is 1. The van der Waals surface area contributed by atoms with Crippen LogP contribution in [0, 0.1) is 12.8 Å². The lowest BCUT2D eigenvalue weighted by Gasteiger charge is -2.17. The number of methoxy groups -OCH3 is 1. The highest BCUT2D eigenvalue weighted by atomic mass is 16.5. The monoisotopic (exact) mass is 484 g/mol. The van der Waals surface area contributed by atoms with E-state index in [0.717, 1.165) is 11.5 Å². The molecule has 1 saturated heterocycles. The van der Waals surface area contributed by atoms with E-state index in [2.05, 4.69) is 20.3 Å². The van der Waals surface area contributed by atoms with Crippen LogP contribution in [-0.4, -0.2) is 45.0 Å². The molecule has 4 aromatic rings. The molecule has 5 rings (SSSR count). The van der Waals surface area contributed by atoms with Gasteiger partial charge < -0.3 is 19.7 Å². The average Bonchev–Trinajstić information content (AvgIpc) is 3.51. The molecular weight excluding hydrogens is 460 g/mol. The maximum Gasteiger partial charge on any atom is 0.229 e. The van der Waals surface area contributed by atoms with Gasteiger partial charge >= 0.3 is 0 Å². The van der Waals surface area contributed by atoms with Crippen LogP contribution < -0.4 is 19.7 Å². The van der Waals surface area contributed by atoms with Crippen molar-refractivity contribution in [3.05, 3.63) is 79.1 Å². The Bertz CT molecular complexity index is 1380. The molecule has 2 aromatic carbocycles. The maximum absolute atomic E-state index is 12.8. The smallest absolute Gasteiger partial charge is 0.229 e. The Morgan fingerprint density at radius 2 is 1.78 bits per heavy atom. The highest BCUT2D eigenvalue weighted by Crippen LogP contribution is 2.28. The van der Waals surface area contributed by atoms with E-state index in [0.29, 0.717) is 35.4 Å². The second kappa shape index (κ2) is 9.87. The van der Waals surface area contributed by atoms with Gasteiger partial charge in [-0.1, -0.05) is 0 Å². The number of anilines is 2. The molecule has 36 heavy (non-hydrogen) atoms. The molecule has 2 aromatic heterocycles. The summed E-state index contributed by atoms with van der Waals surface area (Å²) in [5.74, 6) is 2.37. The predicted octanol–water partition coefficient (Wildman–Crippen LogP) is 3.76. The molecule has 1 fully saturated rings. The number of carbonyl (C=O) groups excluding carboxylic acids is 2. The summed E-state index contributed by atoms with van der Waals surface area (Å²) in [6, 6.07) is 15.9. The number of carbonyl (C=O) groups is 2. The van der Waals surface area contributed by atoms with Gasteiger partial charge in [0.15, 0.2) is 0 Å². The third-order valence-corrected chi connectivity index (χ3v) is 5.92. The summed E-state index contributed by atoms with van der Waals surface area (Å²) < 4.78 is 12.8. The van der Waals surface area contributed by atoms with Crippen LogP contribution in [0.25, 0.3) is 5.82 Å². The van der Waals surface area contributed by atoms with E-state index in [-0.39, 0.29) is 18.2 Å². The Balaban J connectivity index is 1.20. The largest absolute Gasteiger partial charge is 0.497 e. The Morgan fingerprint density at radius 1 is 1.03 bits per heavy atom. The van der Waals surface area contributed by atoms with Crippen molar-refractivity contribution in [2.75, 3.05) is 23.9 Å². The second-order valence-corrected chi connectivity index (χ2v) is 8.28. The van der Waals surface area contributed by atoms with E-state index in [9.17, 15) is 9.59 Å². The zero-order valence-electron chi connectivity index (χ0n) is 19.8. The first kappa shape index (κ1) is 23.0. The number of benzene rings is 2. The fourth-order valence-electron chi connectivity index (χ4n) is 4.00. The van der Waals surface area contributed by atoms with Crippen molar-refractivity contribution in [1.29, 1.82) is 0 Å². The van der Waals surface area contributed by atoms with Crippen LogP contribution >= 0.6 is 0 Å². The molecule has 182 valence electrons. The predicted molar refractivity (Wildman–Crippen MR) is 132 cm³/mol. The first-order valence-electron chi connectivity index (χ1n) is 11.4. The van der Waals surface area contributed by atoms with Gasteiger partial charge in [0.25, 0.3) is 0 Å². The molecule has 0 saturated carbocycles. The first-order chi connectivity index (χ1) is 17.5. The van der Waals surface area contributed by atoms with E-state index < -0.39 is 5.92 Å². The molecule has 0 radical (unpaired) electrons. The molecular formula is C26H24N6O4. The Hall–Kier alpha value is -4.73. The van der Waals surface area contributed by atoms with Crippen LogP contribution in [0.4, 0.5) is 11.4 Å². The normalized spacial score (nSPS) is 15.1. The number of hydrogen-bond acceptors (Lipinski definition) is 7. The fraction of sp³-hybridized carbons (Fsp3) is 0.192. The Labute approximate surface area is 207 Å². The topological polar surface area (TPSA) is 111 Å². The number of amides is 2. The summed E-state index contributed by atoms with van der Waals surface area (Å²) in [4.78, 5) is 39.6. The van der Waals surface area contributed by atoms with Gasteiger partial charge in [0, 0.05) is 42.8 Å². The van der Waals surface area contributed by atoms with Gasteiger partial charge in [-0.2, -0.15) is 0 Å². The number of aromatic nitrogens is 4. The Morgan fingerprint density at radius 3 is 2.47 bits per heavy atom. The van der Waals surface area contributed by atoms with Crippen molar-refractivity contribution in [1.82, 2.24) is 19.5 Å². The van der Waals surface area contributed by atoms with Gasteiger partial charge in [-0.15, -0.1) is 0 Å². The number of nitrogens with one attached hydrogen (secondary N) is 1. The summed E-state index contributed by atoms with van der Waals surface area (Å²) in [5.41, 5.74) is 1.36. The summed E-state index contributed by atoms with van der Waals surface area (Å²) in [7, 11) is 1.59. The van der Waals surface area contributed by atoms with Crippen LogP contribution in [0.1, 0.15) is 12.2 Å². The van der Waals surface area contributed by atoms with Crippen LogP contribution in [0.15, 0.2) is 73.3 Å². The summed E-state index contributed by atoms with van der Waals surface area (Å²) in [5, 5.41) is 2.89. The highest BCUT2D eigenvalue weighted by molar-refractivity contribution is 6.03. The van der Waals surface area contributed by atoms with Gasteiger partial charge in [-0.3, -0.25) is 14.2 Å². The van der Waals surface area contributed by atoms with Crippen molar-refractivity contribution in [2.24, 2.45) is 5.92 Å². The molecule has 0 bridgehead atoms. The molecule has 1 unspecified atom stereocenters. The number of rotatable bonds is 7. The number of aryl methyl sites for hydroxylation is 1. The maximum atomic E-state index is 12.8. The Kier molecular flexibility index (Phi) is 6.31. The summed E-state index contributed by atoms with van der Waals surface area (Å²) in [6.07, 6.45) is 5.10. The lowest BCUT2D eigenvalue weighted by atomic mass is 10.1. The minimum Gasteiger partial charge on any atom is -0.497 e. The van der Waals surface area contributed by atoms with E-state index in [4.69, 9.17) is 9.47 Å². The van der Waals surface area contributed by atoms with Gasteiger partial charge in [-0.05, 0) is 55.5 Å². The standard InChI is InChI=1S/C26H24N6O4/c1-17-27-11-12-31(17)23-14-24(29-16-28-23)36-22-7-3-19(4-8-22)30-26(34)18-13-25(33)32(15-18)20-5-9-21(35-2)10-6-20/h3-12,14,16,18H,13,15H2,1-2H3,(H,30,34). The second-order valence-electron chi connectivity index (χ2n) is 8.28. The minimum absolute atomic E-state index is 0.0841. The van der Waals surface area contributed by atoms with E-state index >= 15 is 0 Å². The highest BCUT2D eigenvalue weighted by Gasteiger charge is 2.35. The summed E-state index contributed by atoms with van der Waals surface area (Å²) in [6.45, 7) is 2.21. The first-order valence-corrected chi connectivity index (χ1v) is 11.4. The third kappa shape index (κ3) is 4.88. The van der Waals surface area contributed by atoms with E-state index in [1.54, 1.807) is 60.7 Å². The number of nitrogens with zero attached hydrogens (tertiary/aromatic N) is 5. The van der Waals surface area contributed by atoms with Gasteiger partial charge in [0.1, 0.15) is 29.5 Å². The third-order valence-electron chi connectivity index (χ3n) is 5.92. The van der Waals surface area contributed by atoms with Crippen LogP contribution in [0.5, 0.6) is 17.4 Å². The average molecular weight is 485 g/mol. The van der Waals surface area contributed by atoms with Crippen molar-refractivity contribution < 1.29 is 19.1 Å². The molecule has 10 nitrogen and oxygen atoms in total. The summed E-state index contributed by atoms with van der Waals surface area (Å²) >= 11 is 0. The van der Waals surface area contributed by atoms with Crippen molar-refractivity contribution in [3.8, 4) is 23.2 Å². The van der Waals surface area contributed by atoms with Crippen LogP contribution in [0.2, 0.25) is 0 Å². The number of ether oxygens (including phenoxy) is 2. The van der Waals surface area contributed by atoms with Gasteiger partial charge in [0.05, 0.1) is 13.0 Å². The van der Waals surface area contributed by atoms with Crippen LogP contribution in [-0.2, 0) is 9.59 Å². The molecule has 3 heterocycles. The van der Waals surface area contributed by atoms with Crippen molar-refractivity contribution in [3.63, 3.8) is 0 Å². The number of hydrogen-bond donors (Lipinski definition) is 1. The zero-order chi connectivity index (χ0) is 25.1. The van der Waals surface area contributed by atoms with E-state index in [1.807, 2.05) is 29.8 Å². The van der Waals surface area contributed by atoms with Gasteiger partial charge in [-0.25, -0.2) is 15.0 Å². The van der Waals surface area contributed by atoms with Crippen LogP contribution in [0.3, 0.4) is 0 Å². The van der Waals surface area contributed by atoms with Crippen molar-refractivity contribution >= 4 is 23.2 Å². The molecule has 0 spiro atoms. The zero-order valence-corrected chi connectivity index (χ0v) is 19.8. The SMILES string of the molecule is COc1ccc(N2CC(C(=O)Nc3ccc(Oc4cc(-n5ccnc5C)ncn4)cc3)CC2=O)cc1. The molecule has 1 atom stereocenters. The van der Waals surface area contributed by atoms with E-state index in [1.165, 1.54) is 6.33 Å². The van der Waals surface area contributed by atoms with Crippen molar-refractivity contribution in [2.45, 2.75) is 13.3 Å². The quantitative estimate of drug-likeness (QED) is 0.425. The molecule has 2 amide bonds. The molecule has 1 N–H and O–H groups in total. The lowest BCUT2D eigenvalue weighted by molar-refractivity contribution is -0.122. The van der Waals surface area contributed by atoms with Gasteiger partial charge in [0.2, 0.25) is 17.7 Å². The molecule has 1 aliphatic heterocycles. The molecule has 0 aliphatic carbocycles. The molecule has 1 aliphatic rings. The lowest BCUT2D eigenvalue weighted by Crippen LogP contribution is -2.28.